The third-order valence-corrected chi connectivity index (χ3v) is 4.59. The van der Waals surface area contributed by atoms with Crippen LogP contribution in [0.25, 0.3) is 5.57 Å². The zero-order valence-electron chi connectivity index (χ0n) is 14.2. The molecule has 0 bridgehead atoms. The molecule has 23 heavy (non-hydrogen) atoms. The molecule has 1 aromatic carbocycles. The average molecular weight is 311 g/mol. The molecule has 122 valence electrons. The summed E-state index contributed by atoms with van der Waals surface area (Å²) >= 11 is 0. The molecule has 1 aromatic rings. The molecule has 0 aliphatic carbocycles. The Balaban J connectivity index is 1.90. The number of hydrogen-bond acceptors (Lipinski definition) is 3. The largest absolute Gasteiger partial charge is 0.337 e. The van der Waals surface area contributed by atoms with Gasteiger partial charge in [0.05, 0.1) is 12.6 Å². The number of nitrogens with one attached hydrogen (secondary N) is 1. The van der Waals surface area contributed by atoms with Crippen LogP contribution in [0.5, 0.6) is 0 Å². The molecule has 0 aromatic heterocycles. The summed E-state index contributed by atoms with van der Waals surface area (Å²) in [7, 11) is 0. The highest BCUT2D eigenvalue weighted by atomic mass is 16.2. The summed E-state index contributed by atoms with van der Waals surface area (Å²) in [5, 5.41) is 12.2. The van der Waals surface area contributed by atoms with E-state index in [-0.39, 0.29) is 11.8 Å². The van der Waals surface area contributed by atoms with Crippen LogP contribution < -0.4 is 5.32 Å². The lowest BCUT2D eigenvalue weighted by atomic mass is 9.90. The fourth-order valence-corrected chi connectivity index (χ4v) is 2.60. The minimum absolute atomic E-state index is 0.0717. The van der Waals surface area contributed by atoms with E-state index in [1.54, 1.807) is 6.92 Å². The molecule has 1 atom stereocenters. The van der Waals surface area contributed by atoms with Crippen LogP contribution in [-0.4, -0.2) is 36.0 Å². The topological polar surface area (TPSA) is 56.1 Å². The van der Waals surface area contributed by atoms with Gasteiger partial charge in [0.1, 0.15) is 5.54 Å². The van der Waals surface area contributed by atoms with E-state index in [4.69, 9.17) is 0 Å². The Hall–Kier alpha value is -2.12. The van der Waals surface area contributed by atoms with Gasteiger partial charge in [0.15, 0.2) is 0 Å². The van der Waals surface area contributed by atoms with Crippen LogP contribution in [0.4, 0.5) is 0 Å². The fraction of sp³-hybridized carbons (Fsp3) is 0.474. The molecule has 0 spiro atoms. The number of hydrogen-bond donors (Lipinski definition) is 1. The van der Waals surface area contributed by atoms with Gasteiger partial charge in [0.2, 0.25) is 5.91 Å². The van der Waals surface area contributed by atoms with Crippen molar-refractivity contribution in [1.82, 2.24) is 10.2 Å². The summed E-state index contributed by atoms with van der Waals surface area (Å²) in [5.74, 6) is -0.0123. The van der Waals surface area contributed by atoms with Crippen molar-refractivity contribution >= 4 is 11.5 Å². The third kappa shape index (κ3) is 4.43. The minimum Gasteiger partial charge on any atom is -0.337 e. The molecule has 1 amide bonds. The number of benzene rings is 1. The van der Waals surface area contributed by atoms with Crippen molar-refractivity contribution in [1.29, 1.82) is 5.26 Å². The van der Waals surface area contributed by atoms with Gasteiger partial charge < -0.3 is 5.32 Å². The second kappa shape index (κ2) is 7.43. The van der Waals surface area contributed by atoms with Crippen LogP contribution >= 0.6 is 0 Å². The molecule has 1 aliphatic rings. The van der Waals surface area contributed by atoms with Gasteiger partial charge in [-0.3, -0.25) is 9.69 Å². The first-order valence-electron chi connectivity index (χ1n) is 8.13. The molecular weight excluding hydrogens is 286 g/mol. The van der Waals surface area contributed by atoms with Crippen molar-refractivity contribution < 1.29 is 4.79 Å². The summed E-state index contributed by atoms with van der Waals surface area (Å²) in [6.07, 6.45) is 3.13. The summed E-state index contributed by atoms with van der Waals surface area (Å²) < 4.78 is 0. The standard InChI is InChI=1S/C19H25N3O/c1-15(2)19(3,14-20)21-18(23)13-22-11-9-17(10-12-22)16-7-5-4-6-8-16/h4-9,15H,10-13H2,1-3H3,(H,21,23)/t19-/m1/s1. The molecule has 4 heteroatoms. The second-order valence-corrected chi connectivity index (χ2v) is 6.60. The Bertz CT molecular complexity index is 615. The van der Waals surface area contributed by atoms with E-state index in [1.807, 2.05) is 32.0 Å². The van der Waals surface area contributed by atoms with Crippen molar-refractivity contribution in [2.75, 3.05) is 19.6 Å². The van der Waals surface area contributed by atoms with E-state index in [0.717, 1.165) is 19.5 Å². The Labute approximate surface area is 138 Å². The molecule has 2 rings (SSSR count). The van der Waals surface area contributed by atoms with Crippen LogP contribution in [-0.2, 0) is 4.79 Å². The van der Waals surface area contributed by atoms with E-state index in [0.29, 0.717) is 6.54 Å². The highest BCUT2D eigenvalue weighted by molar-refractivity contribution is 5.79. The molecular formula is C19H25N3O. The SMILES string of the molecule is CC(C)[C@@](C)(C#N)NC(=O)CN1CC=C(c2ccccc2)CC1. The van der Waals surface area contributed by atoms with Gasteiger partial charge in [-0.1, -0.05) is 50.3 Å². The molecule has 0 unspecified atom stereocenters. The van der Waals surface area contributed by atoms with Crippen LogP contribution in [0.1, 0.15) is 32.8 Å². The van der Waals surface area contributed by atoms with Crippen molar-refractivity contribution in [3.05, 3.63) is 42.0 Å². The van der Waals surface area contributed by atoms with Gasteiger partial charge in [-0.05, 0) is 30.4 Å². The summed E-state index contributed by atoms with van der Waals surface area (Å²) in [4.78, 5) is 14.3. The van der Waals surface area contributed by atoms with Crippen molar-refractivity contribution in [2.45, 2.75) is 32.7 Å². The molecule has 0 fully saturated rings. The molecule has 0 saturated carbocycles. The van der Waals surface area contributed by atoms with Gasteiger partial charge in [-0.15, -0.1) is 0 Å². The van der Waals surface area contributed by atoms with Crippen molar-refractivity contribution in [3.63, 3.8) is 0 Å². The first kappa shape index (κ1) is 17.2. The van der Waals surface area contributed by atoms with Gasteiger partial charge in [-0.25, -0.2) is 0 Å². The van der Waals surface area contributed by atoms with Gasteiger partial charge in [0, 0.05) is 13.1 Å². The predicted octanol–water partition coefficient (Wildman–Crippen LogP) is 2.83. The number of nitrogens with zero attached hydrogens (tertiary/aromatic N) is 2. The summed E-state index contributed by atoms with van der Waals surface area (Å²) in [6, 6.07) is 12.6. The molecule has 4 nitrogen and oxygen atoms in total. The molecule has 1 heterocycles. The number of carbonyl (C=O) groups is 1. The van der Waals surface area contributed by atoms with Crippen LogP contribution in [0.15, 0.2) is 36.4 Å². The number of rotatable bonds is 5. The number of nitriles is 1. The van der Waals surface area contributed by atoms with Crippen molar-refractivity contribution in [3.8, 4) is 6.07 Å². The van der Waals surface area contributed by atoms with Crippen LogP contribution in [0.2, 0.25) is 0 Å². The second-order valence-electron chi connectivity index (χ2n) is 6.60. The van der Waals surface area contributed by atoms with Gasteiger partial charge in [-0.2, -0.15) is 5.26 Å². The van der Waals surface area contributed by atoms with E-state index in [1.165, 1.54) is 11.1 Å². The predicted molar refractivity (Wildman–Crippen MR) is 92.5 cm³/mol. The highest BCUT2D eigenvalue weighted by Gasteiger charge is 2.30. The lowest BCUT2D eigenvalue weighted by Gasteiger charge is -2.30. The molecule has 1 aliphatic heterocycles. The Morgan fingerprint density at radius 1 is 1.39 bits per heavy atom. The van der Waals surface area contributed by atoms with Crippen LogP contribution in [0.3, 0.4) is 0 Å². The Kier molecular flexibility index (Phi) is 5.57. The Morgan fingerprint density at radius 3 is 2.61 bits per heavy atom. The molecule has 1 N–H and O–H groups in total. The maximum absolute atomic E-state index is 12.2. The monoisotopic (exact) mass is 311 g/mol. The van der Waals surface area contributed by atoms with E-state index in [2.05, 4.69) is 34.5 Å². The van der Waals surface area contributed by atoms with E-state index in [9.17, 15) is 10.1 Å². The third-order valence-electron chi connectivity index (χ3n) is 4.59. The molecule has 0 radical (unpaired) electrons. The fourth-order valence-electron chi connectivity index (χ4n) is 2.60. The van der Waals surface area contributed by atoms with Gasteiger partial charge >= 0.3 is 0 Å². The smallest absolute Gasteiger partial charge is 0.235 e. The minimum atomic E-state index is -0.808. The normalized spacial score (nSPS) is 18.0. The quantitative estimate of drug-likeness (QED) is 0.909. The van der Waals surface area contributed by atoms with E-state index >= 15 is 0 Å². The highest BCUT2D eigenvalue weighted by Crippen LogP contribution is 2.22. The first-order valence-corrected chi connectivity index (χ1v) is 8.13. The summed E-state index contributed by atoms with van der Waals surface area (Å²) in [6.45, 7) is 7.63. The van der Waals surface area contributed by atoms with Crippen LogP contribution in [0, 0.1) is 17.2 Å². The van der Waals surface area contributed by atoms with Crippen molar-refractivity contribution in [2.24, 2.45) is 5.92 Å². The number of amides is 1. The zero-order valence-corrected chi connectivity index (χ0v) is 14.2. The Morgan fingerprint density at radius 2 is 2.09 bits per heavy atom. The lowest BCUT2D eigenvalue weighted by molar-refractivity contribution is -0.123. The average Bonchev–Trinajstić information content (AvgIpc) is 2.56. The maximum Gasteiger partial charge on any atom is 0.235 e. The first-order chi connectivity index (χ1) is 10.9. The number of carbonyl (C=O) groups excluding carboxylic acids is 1. The maximum atomic E-state index is 12.2. The zero-order chi connectivity index (χ0) is 16.9. The molecule has 0 saturated heterocycles. The van der Waals surface area contributed by atoms with Gasteiger partial charge in [0.25, 0.3) is 0 Å². The summed E-state index contributed by atoms with van der Waals surface area (Å²) in [5.41, 5.74) is 1.79. The van der Waals surface area contributed by atoms with E-state index < -0.39 is 5.54 Å². The lowest BCUT2D eigenvalue weighted by Crippen LogP contribution is -2.52.